The number of amides is 1. The van der Waals surface area contributed by atoms with E-state index in [9.17, 15) is 4.79 Å². The van der Waals surface area contributed by atoms with Crippen LogP contribution in [0.1, 0.15) is 30.6 Å². The van der Waals surface area contributed by atoms with E-state index in [1.54, 1.807) is 12.4 Å². The second kappa shape index (κ2) is 8.47. The smallest absolute Gasteiger partial charge is 0.254 e. The van der Waals surface area contributed by atoms with Gasteiger partial charge in [-0.3, -0.25) is 4.79 Å². The monoisotopic (exact) mass is 279 g/mol. The molecule has 1 N–H and O–H groups in total. The molecule has 0 aromatic carbocycles. The Balaban J connectivity index is 2.49. The van der Waals surface area contributed by atoms with Crippen LogP contribution in [0.15, 0.2) is 12.4 Å². The van der Waals surface area contributed by atoms with E-state index in [-0.39, 0.29) is 5.91 Å². The minimum atomic E-state index is -0.116. The largest absolute Gasteiger partial charge is 0.352 e. The summed E-state index contributed by atoms with van der Waals surface area (Å²) in [6.45, 7) is 7.43. The van der Waals surface area contributed by atoms with Gasteiger partial charge < -0.3 is 15.1 Å². The standard InChI is InChI=1S/C14H25N5O/c1-5-19(6-2)14-16-10-12(11-17-14)13(20)15-8-7-9-18(3)4/h10-11H,5-9H2,1-4H3,(H,15,20). The summed E-state index contributed by atoms with van der Waals surface area (Å²) in [5, 5.41) is 2.87. The maximum absolute atomic E-state index is 11.9. The lowest BCUT2D eigenvalue weighted by Crippen LogP contribution is -2.28. The van der Waals surface area contributed by atoms with Gasteiger partial charge in [0.25, 0.3) is 5.91 Å². The van der Waals surface area contributed by atoms with Crippen molar-refractivity contribution in [1.82, 2.24) is 20.2 Å². The predicted octanol–water partition coefficient (Wildman–Crippen LogP) is 1.00. The molecule has 0 spiro atoms. The van der Waals surface area contributed by atoms with Crippen molar-refractivity contribution < 1.29 is 4.79 Å². The lowest BCUT2D eigenvalue weighted by molar-refractivity contribution is 0.0951. The second-order valence-corrected chi connectivity index (χ2v) is 4.86. The van der Waals surface area contributed by atoms with E-state index in [1.807, 2.05) is 19.0 Å². The summed E-state index contributed by atoms with van der Waals surface area (Å²) in [7, 11) is 4.03. The summed E-state index contributed by atoms with van der Waals surface area (Å²) in [5.74, 6) is 0.550. The number of hydrogen-bond donors (Lipinski definition) is 1. The van der Waals surface area contributed by atoms with Crippen LogP contribution in [-0.2, 0) is 0 Å². The van der Waals surface area contributed by atoms with E-state index < -0.39 is 0 Å². The third-order valence-corrected chi connectivity index (χ3v) is 3.01. The third kappa shape index (κ3) is 5.13. The van der Waals surface area contributed by atoms with E-state index >= 15 is 0 Å². The van der Waals surface area contributed by atoms with Gasteiger partial charge in [0, 0.05) is 32.0 Å². The molecule has 0 aliphatic heterocycles. The van der Waals surface area contributed by atoms with Gasteiger partial charge in [-0.25, -0.2) is 9.97 Å². The van der Waals surface area contributed by atoms with E-state index in [0.717, 1.165) is 26.1 Å². The number of anilines is 1. The third-order valence-electron chi connectivity index (χ3n) is 3.01. The molecule has 0 atom stereocenters. The molecule has 6 heteroatoms. The minimum absolute atomic E-state index is 0.116. The molecule has 1 aromatic rings. The van der Waals surface area contributed by atoms with Crippen molar-refractivity contribution in [2.45, 2.75) is 20.3 Å². The normalized spacial score (nSPS) is 10.7. The van der Waals surface area contributed by atoms with Crippen molar-refractivity contribution in [2.24, 2.45) is 0 Å². The maximum atomic E-state index is 11.9. The summed E-state index contributed by atoms with van der Waals surface area (Å²) in [6, 6.07) is 0. The Morgan fingerprint density at radius 1 is 1.20 bits per heavy atom. The molecule has 1 heterocycles. The molecule has 0 saturated heterocycles. The molecule has 1 aromatic heterocycles. The summed E-state index contributed by atoms with van der Waals surface area (Å²) in [6.07, 6.45) is 4.10. The van der Waals surface area contributed by atoms with Gasteiger partial charge in [0.15, 0.2) is 0 Å². The first-order chi connectivity index (χ1) is 9.58. The molecular formula is C14H25N5O. The van der Waals surface area contributed by atoms with E-state index in [4.69, 9.17) is 0 Å². The fraction of sp³-hybridized carbons (Fsp3) is 0.643. The van der Waals surface area contributed by atoms with Crippen molar-refractivity contribution in [2.75, 3.05) is 45.2 Å². The van der Waals surface area contributed by atoms with Gasteiger partial charge >= 0.3 is 0 Å². The number of rotatable bonds is 8. The molecule has 0 fully saturated rings. The van der Waals surface area contributed by atoms with Gasteiger partial charge in [0.1, 0.15) is 0 Å². The second-order valence-electron chi connectivity index (χ2n) is 4.86. The van der Waals surface area contributed by atoms with Gasteiger partial charge in [0.2, 0.25) is 5.95 Å². The highest BCUT2D eigenvalue weighted by molar-refractivity contribution is 5.93. The lowest BCUT2D eigenvalue weighted by Gasteiger charge is -2.18. The highest BCUT2D eigenvalue weighted by Gasteiger charge is 2.09. The average Bonchev–Trinajstić information content (AvgIpc) is 2.45. The Hall–Kier alpha value is -1.69. The number of carbonyl (C=O) groups is 1. The zero-order chi connectivity index (χ0) is 15.0. The number of carbonyl (C=O) groups excluding carboxylic acids is 1. The maximum Gasteiger partial charge on any atom is 0.254 e. The Labute approximate surface area is 121 Å². The van der Waals surface area contributed by atoms with Crippen LogP contribution in [0.4, 0.5) is 5.95 Å². The van der Waals surface area contributed by atoms with Crippen LogP contribution in [-0.4, -0.2) is 61.0 Å². The van der Waals surface area contributed by atoms with Crippen molar-refractivity contribution in [3.8, 4) is 0 Å². The molecule has 0 aliphatic rings. The van der Waals surface area contributed by atoms with Gasteiger partial charge in [-0.1, -0.05) is 0 Å². The van der Waals surface area contributed by atoms with Crippen LogP contribution in [0.3, 0.4) is 0 Å². The predicted molar refractivity (Wildman–Crippen MR) is 81.1 cm³/mol. The molecule has 0 radical (unpaired) electrons. The molecule has 0 saturated carbocycles. The summed E-state index contributed by atoms with van der Waals surface area (Å²) < 4.78 is 0. The zero-order valence-corrected chi connectivity index (χ0v) is 12.9. The van der Waals surface area contributed by atoms with Crippen molar-refractivity contribution in [3.05, 3.63) is 18.0 Å². The first-order valence-corrected chi connectivity index (χ1v) is 7.08. The molecule has 0 unspecified atom stereocenters. The molecule has 0 aliphatic carbocycles. The fourth-order valence-electron chi connectivity index (χ4n) is 1.81. The molecule has 20 heavy (non-hydrogen) atoms. The highest BCUT2D eigenvalue weighted by atomic mass is 16.1. The zero-order valence-electron chi connectivity index (χ0n) is 12.9. The van der Waals surface area contributed by atoms with Gasteiger partial charge in [-0.05, 0) is 40.9 Å². The Morgan fingerprint density at radius 2 is 1.80 bits per heavy atom. The lowest BCUT2D eigenvalue weighted by atomic mass is 10.3. The summed E-state index contributed by atoms with van der Waals surface area (Å²) >= 11 is 0. The van der Waals surface area contributed by atoms with Crippen LogP contribution in [0.25, 0.3) is 0 Å². The van der Waals surface area contributed by atoms with Crippen LogP contribution < -0.4 is 10.2 Å². The van der Waals surface area contributed by atoms with Gasteiger partial charge in [0.05, 0.1) is 5.56 Å². The first-order valence-electron chi connectivity index (χ1n) is 7.08. The number of aromatic nitrogens is 2. The highest BCUT2D eigenvalue weighted by Crippen LogP contribution is 2.06. The number of hydrogen-bond acceptors (Lipinski definition) is 5. The van der Waals surface area contributed by atoms with Crippen LogP contribution >= 0.6 is 0 Å². The van der Waals surface area contributed by atoms with Crippen LogP contribution in [0, 0.1) is 0 Å². The Kier molecular flexibility index (Phi) is 6.93. The van der Waals surface area contributed by atoms with Crippen molar-refractivity contribution in [3.63, 3.8) is 0 Å². The van der Waals surface area contributed by atoms with Gasteiger partial charge in [-0.2, -0.15) is 0 Å². The SMILES string of the molecule is CCN(CC)c1ncc(C(=O)NCCCN(C)C)cn1. The summed E-state index contributed by atoms with van der Waals surface area (Å²) in [5.41, 5.74) is 0.505. The minimum Gasteiger partial charge on any atom is -0.352 e. The van der Waals surface area contributed by atoms with E-state index in [2.05, 4.69) is 34.0 Å². The average molecular weight is 279 g/mol. The van der Waals surface area contributed by atoms with E-state index in [0.29, 0.717) is 18.1 Å². The Morgan fingerprint density at radius 3 is 2.30 bits per heavy atom. The first kappa shape index (κ1) is 16.4. The topological polar surface area (TPSA) is 61.4 Å². The fourth-order valence-corrected chi connectivity index (χ4v) is 1.81. The molecule has 6 nitrogen and oxygen atoms in total. The van der Waals surface area contributed by atoms with E-state index in [1.165, 1.54) is 0 Å². The van der Waals surface area contributed by atoms with Crippen LogP contribution in [0.5, 0.6) is 0 Å². The molecular weight excluding hydrogens is 254 g/mol. The number of nitrogens with zero attached hydrogens (tertiary/aromatic N) is 4. The summed E-state index contributed by atoms with van der Waals surface area (Å²) in [4.78, 5) is 24.5. The van der Waals surface area contributed by atoms with Gasteiger partial charge in [-0.15, -0.1) is 0 Å². The molecule has 0 bridgehead atoms. The van der Waals surface area contributed by atoms with Crippen molar-refractivity contribution >= 4 is 11.9 Å². The quantitative estimate of drug-likeness (QED) is 0.720. The van der Waals surface area contributed by atoms with Crippen molar-refractivity contribution in [1.29, 1.82) is 0 Å². The molecule has 1 amide bonds. The molecule has 1 rings (SSSR count). The molecule has 112 valence electrons. The number of nitrogens with one attached hydrogen (secondary N) is 1. The Bertz CT molecular complexity index is 401. The van der Waals surface area contributed by atoms with Crippen LogP contribution in [0.2, 0.25) is 0 Å².